The standard InChI is InChI=1S/C14H23FN2/c1-4-17(10-12(9-16)11(2)3)14-7-5-6-13(15)8-14/h5-8,11-12H,4,9-10,16H2,1-3H3. The van der Waals surface area contributed by atoms with Crippen molar-refractivity contribution in [2.24, 2.45) is 17.6 Å². The molecule has 17 heavy (non-hydrogen) atoms. The van der Waals surface area contributed by atoms with Crippen molar-refractivity contribution in [3.63, 3.8) is 0 Å². The van der Waals surface area contributed by atoms with Crippen molar-refractivity contribution in [3.8, 4) is 0 Å². The summed E-state index contributed by atoms with van der Waals surface area (Å²) < 4.78 is 13.2. The zero-order chi connectivity index (χ0) is 12.8. The van der Waals surface area contributed by atoms with E-state index in [2.05, 4.69) is 25.7 Å². The lowest BCUT2D eigenvalue weighted by molar-refractivity contribution is 0.393. The molecule has 0 fully saturated rings. The van der Waals surface area contributed by atoms with E-state index < -0.39 is 0 Å². The number of halogens is 1. The zero-order valence-electron chi connectivity index (χ0n) is 11.0. The normalized spacial score (nSPS) is 12.8. The van der Waals surface area contributed by atoms with Crippen molar-refractivity contribution in [3.05, 3.63) is 30.1 Å². The van der Waals surface area contributed by atoms with E-state index in [4.69, 9.17) is 5.73 Å². The quantitative estimate of drug-likeness (QED) is 0.825. The monoisotopic (exact) mass is 238 g/mol. The van der Waals surface area contributed by atoms with Gasteiger partial charge in [-0.2, -0.15) is 0 Å². The first-order valence-electron chi connectivity index (χ1n) is 6.29. The molecular formula is C14H23FN2. The smallest absolute Gasteiger partial charge is 0.125 e. The molecule has 2 nitrogen and oxygen atoms in total. The van der Waals surface area contributed by atoms with Gasteiger partial charge in [0.15, 0.2) is 0 Å². The first kappa shape index (κ1) is 14.0. The second kappa shape index (κ2) is 6.60. The number of nitrogens with zero attached hydrogens (tertiary/aromatic N) is 1. The topological polar surface area (TPSA) is 29.3 Å². The fraction of sp³-hybridized carbons (Fsp3) is 0.571. The Morgan fingerprint density at radius 1 is 1.35 bits per heavy atom. The molecule has 3 heteroatoms. The number of anilines is 1. The van der Waals surface area contributed by atoms with Crippen LogP contribution in [0, 0.1) is 17.7 Å². The van der Waals surface area contributed by atoms with Gasteiger partial charge in [-0.1, -0.05) is 19.9 Å². The maximum atomic E-state index is 13.2. The average Bonchev–Trinajstić information content (AvgIpc) is 2.30. The Morgan fingerprint density at radius 2 is 2.06 bits per heavy atom. The van der Waals surface area contributed by atoms with Gasteiger partial charge >= 0.3 is 0 Å². The molecule has 1 atom stereocenters. The van der Waals surface area contributed by atoms with Crippen molar-refractivity contribution in [2.75, 3.05) is 24.5 Å². The molecule has 0 aromatic heterocycles. The van der Waals surface area contributed by atoms with Gasteiger partial charge in [0.25, 0.3) is 0 Å². The van der Waals surface area contributed by atoms with Crippen molar-refractivity contribution in [2.45, 2.75) is 20.8 Å². The summed E-state index contributed by atoms with van der Waals surface area (Å²) in [6, 6.07) is 6.75. The van der Waals surface area contributed by atoms with E-state index in [1.807, 2.05) is 6.07 Å². The van der Waals surface area contributed by atoms with Crippen LogP contribution in [0.15, 0.2) is 24.3 Å². The molecule has 1 aromatic carbocycles. The second-order valence-electron chi connectivity index (χ2n) is 4.76. The number of rotatable bonds is 6. The van der Waals surface area contributed by atoms with E-state index in [-0.39, 0.29) is 5.82 Å². The Balaban J connectivity index is 2.78. The summed E-state index contributed by atoms with van der Waals surface area (Å²) in [5.41, 5.74) is 6.72. The van der Waals surface area contributed by atoms with Gasteiger partial charge in [-0.25, -0.2) is 4.39 Å². The number of benzene rings is 1. The Bertz CT molecular complexity index is 339. The molecule has 0 amide bonds. The highest BCUT2D eigenvalue weighted by molar-refractivity contribution is 5.46. The fourth-order valence-corrected chi connectivity index (χ4v) is 1.93. The van der Waals surface area contributed by atoms with E-state index in [1.165, 1.54) is 6.07 Å². The van der Waals surface area contributed by atoms with Crippen molar-refractivity contribution >= 4 is 5.69 Å². The van der Waals surface area contributed by atoms with Crippen LogP contribution >= 0.6 is 0 Å². The van der Waals surface area contributed by atoms with Crippen LogP contribution in [0.5, 0.6) is 0 Å². The van der Waals surface area contributed by atoms with Crippen LogP contribution < -0.4 is 10.6 Å². The summed E-state index contributed by atoms with van der Waals surface area (Å²) in [7, 11) is 0. The van der Waals surface area contributed by atoms with Crippen molar-refractivity contribution in [1.82, 2.24) is 0 Å². The Morgan fingerprint density at radius 3 is 2.53 bits per heavy atom. The highest BCUT2D eigenvalue weighted by Gasteiger charge is 2.15. The van der Waals surface area contributed by atoms with Crippen LogP contribution in [0.25, 0.3) is 0 Å². The molecule has 1 rings (SSSR count). The molecule has 0 saturated heterocycles. The minimum absolute atomic E-state index is 0.185. The average molecular weight is 238 g/mol. The molecule has 0 aliphatic carbocycles. The summed E-state index contributed by atoms with van der Waals surface area (Å²) in [4.78, 5) is 2.18. The van der Waals surface area contributed by atoms with Crippen LogP contribution in [0.4, 0.5) is 10.1 Å². The third kappa shape index (κ3) is 4.00. The van der Waals surface area contributed by atoms with E-state index in [0.717, 1.165) is 18.8 Å². The van der Waals surface area contributed by atoms with E-state index in [9.17, 15) is 4.39 Å². The lowest BCUT2D eigenvalue weighted by Crippen LogP contribution is -2.35. The Hall–Kier alpha value is -1.09. The van der Waals surface area contributed by atoms with Gasteiger partial charge < -0.3 is 10.6 Å². The highest BCUT2D eigenvalue weighted by atomic mass is 19.1. The molecular weight excluding hydrogens is 215 g/mol. The molecule has 1 aromatic rings. The number of hydrogen-bond donors (Lipinski definition) is 1. The maximum absolute atomic E-state index is 13.2. The zero-order valence-corrected chi connectivity index (χ0v) is 11.0. The van der Waals surface area contributed by atoms with Crippen LogP contribution in [0.1, 0.15) is 20.8 Å². The van der Waals surface area contributed by atoms with Gasteiger partial charge in [0.1, 0.15) is 5.82 Å². The molecule has 1 unspecified atom stereocenters. The van der Waals surface area contributed by atoms with Gasteiger partial charge in [0.05, 0.1) is 0 Å². The first-order chi connectivity index (χ1) is 8.08. The third-order valence-corrected chi connectivity index (χ3v) is 3.26. The summed E-state index contributed by atoms with van der Waals surface area (Å²) in [6.45, 7) is 8.86. The van der Waals surface area contributed by atoms with Crippen LogP contribution in [0.2, 0.25) is 0 Å². The Kier molecular flexibility index (Phi) is 5.42. The largest absolute Gasteiger partial charge is 0.371 e. The number of nitrogens with two attached hydrogens (primary N) is 1. The summed E-state index contributed by atoms with van der Waals surface area (Å²) >= 11 is 0. The van der Waals surface area contributed by atoms with Crippen LogP contribution in [0.3, 0.4) is 0 Å². The lowest BCUT2D eigenvalue weighted by Gasteiger charge is -2.29. The number of hydrogen-bond acceptors (Lipinski definition) is 2. The Labute approximate surface area is 104 Å². The summed E-state index contributed by atoms with van der Waals surface area (Å²) in [6.07, 6.45) is 0. The van der Waals surface area contributed by atoms with Crippen molar-refractivity contribution < 1.29 is 4.39 Å². The molecule has 0 radical (unpaired) electrons. The van der Waals surface area contributed by atoms with E-state index in [1.54, 1.807) is 12.1 Å². The molecule has 0 heterocycles. The lowest BCUT2D eigenvalue weighted by atomic mass is 9.95. The third-order valence-electron chi connectivity index (χ3n) is 3.26. The first-order valence-corrected chi connectivity index (χ1v) is 6.29. The van der Waals surface area contributed by atoms with Crippen molar-refractivity contribution in [1.29, 1.82) is 0 Å². The van der Waals surface area contributed by atoms with E-state index in [0.29, 0.717) is 18.4 Å². The molecule has 0 bridgehead atoms. The second-order valence-corrected chi connectivity index (χ2v) is 4.76. The predicted molar refractivity (Wildman–Crippen MR) is 71.7 cm³/mol. The van der Waals surface area contributed by atoms with E-state index >= 15 is 0 Å². The minimum Gasteiger partial charge on any atom is -0.371 e. The van der Waals surface area contributed by atoms with Gasteiger partial charge in [0.2, 0.25) is 0 Å². The van der Waals surface area contributed by atoms with Crippen LogP contribution in [-0.4, -0.2) is 19.6 Å². The maximum Gasteiger partial charge on any atom is 0.125 e. The minimum atomic E-state index is -0.185. The summed E-state index contributed by atoms with van der Waals surface area (Å²) in [5, 5.41) is 0. The molecule has 0 spiro atoms. The van der Waals surface area contributed by atoms with Gasteiger partial charge in [-0.3, -0.25) is 0 Å². The fourth-order valence-electron chi connectivity index (χ4n) is 1.93. The SMILES string of the molecule is CCN(CC(CN)C(C)C)c1cccc(F)c1. The van der Waals surface area contributed by atoms with Gasteiger partial charge in [0, 0.05) is 18.8 Å². The van der Waals surface area contributed by atoms with Gasteiger partial charge in [-0.15, -0.1) is 0 Å². The summed E-state index contributed by atoms with van der Waals surface area (Å²) in [5.74, 6) is 0.802. The molecule has 0 aliphatic heterocycles. The molecule has 2 N–H and O–H groups in total. The van der Waals surface area contributed by atoms with Gasteiger partial charge in [-0.05, 0) is 43.5 Å². The molecule has 0 aliphatic rings. The van der Waals surface area contributed by atoms with Crippen LogP contribution in [-0.2, 0) is 0 Å². The highest BCUT2D eigenvalue weighted by Crippen LogP contribution is 2.19. The molecule has 0 saturated carbocycles. The predicted octanol–water partition coefficient (Wildman–Crippen LogP) is 2.88. The molecule has 96 valence electrons.